The fraction of sp³-hybridized carbons (Fsp3) is 0.250. The Kier molecular flexibility index (Phi) is 3.94. The van der Waals surface area contributed by atoms with Gasteiger partial charge in [-0.15, -0.1) is 0 Å². The Morgan fingerprint density at radius 2 is 1.90 bits per heavy atom. The van der Waals surface area contributed by atoms with E-state index < -0.39 is 15.7 Å². The number of nitrogens with one attached hydrogen (secondary N) is 1. The normalized spacial score (nSPS) is 12.9. The molecule has 8 nitrogen and oxygen atoms in total. The predicted octanol–water partition coefficient (Wildman–Crippen LogP) is 0.546. The van der Waals surface area contributed by atoms with Crippen LogP contribution in [0.3, 0.4) is 0 Å². The average molecular weight is 310 g/mol. The Morgan fingerprint density at radius 1 is 1.29 bits per heavy atom. The van der Waals surface area contributed by atoms with Crippen LogP contribution in [0.5, 0.6) is 0 Å². The zero-order valence-electron chi connectivity index (χ0n) is 11.4. The molecule has 0 aliphatic carbocycles. The molecule has 2 rings (SSSR count). The fourth-order valence-electron chi connectivity index (χ4n) is 1.71. The minimum absolute atomic E-state index is 0.0883. The van der Waals surface area contributed by atoms with Gasteiger partial charge in [0, 0.05) is 6.26 Å². The summed E-state index contributed by atoms with van der Waals surface area (Å²) in [7, 11) is -3.24. The lowest BCUT2D eigenvalue weighted by Gasteiger charge is -2.13. The maximum Gasteiger partial charge on any atom is 0.277 e. The number of aromatic nitrogens is 2. The second kappa shape index (κ2) is 5.52. The van der Waals surface area contributed by atoms with Crippen molar-refractivity contribution >= 4 is 21.6 Å². The maximum absolute atomic E-state index is 11.9. The number of hydrogen-bond acceptors (Lipinski definition) is 7. The van der Waals surface area contributed by atoms with Crippen molar-refractivity contribution in [3.8, 4) is 0 Å². The van der Waals surface area contributed by atoms with Crippen LogP contribution < -0.4 is 11.1 Å². The minimum atomic E-state index is -3.24. The Bertz CT molecular complexity index is 752. The van der Waals surface area contributed by atoms with E-state index in [-0.39, 0.29) is 22.4 Å². The summed E-state index contributed by atoms with van der Waals surface area (Å²) >= 11 is 0. The van der Waals surface area contributed by atoms with Crippen LogP contribution in [0.15, 0.2) is 33.8 Å². The second-order valence-corrected chi connectivity index (χ2v) is 6.55. The van der Waals surface area contributed by atoms with E-state index in [1.165, 1.54) is 12.1 Å². The Labute approximate surface area is 121 Å². The first-order chi connectivity index (χ1) is 9.79. The Balaban J connectivity index is 2.12. The van der Waals surface area contributed by atoms with Gasteiger partial charge in [0.1, 0.15) is 0 Å². The van der Waals surface area contributed by atoms with E-state index in [1.54, 1.807) is 19.1 Å². The molecule has 1 amide bonds. The van der Waals surface area contributed by atoms with Crippen LogP contribution in [0.25, 0.3) is 0 Å². The van der Waals surface area contributed by atoms with E-state index in [4.69, 9.17) is 5.73 Å². The van der Waals surface area contributed by atoms with Crippen LogP contribution in [0.1, 0.15) is 29.0 Å². The molecule has 0 bridgehead atoms. The van der Waals surface area contributed by atoms with Gasteiger partial charge in [-0.1, -0.05) is 12.1 Å². The topological polar surface area (TPSA) is 128 Å². The third-order valence-corrected chi connectivity index (χ3v) is 4.01. The van der Waals surface area contributed by atoms with E-state index in [2.05, 4.69) is 20.3 Å². The summed E-state index contributed by atoms with van der Waals surface area (Å²) in [6, 6.07) is 5.87. The number of carbonyl (C=O) groups excluding carboxylic acids is 1. The number of benzene rings is 1. The van der Waals surface area contributed by atoms with Gasteiger partial charge in [-0.2, -0.15) is 0 Å². The zero-order chi connectivity index (χ0) is 15.6. The number of nitrogen functional groups attached to an aromatic ring is 1. The highest BCUT2D eigenvalue weighted by Gasteiger charge is 2.18. The second-order valence-electron chi connectivity index (χ2n) is 4.53. The maximum atomic E-state index is 11.9. The first-order valence-electron chi connectivity index (χ1n) is 5.98. The number of rotatable bonds is 4. The molecule has 0 spiro atoms. The molecule has 9 heteroatoms. The summed E-state index contributed by atoms with van der Waals surface area (Å²) < 4.78 is 27.1. The van der Waals surface area contributed by atoms with Crippen molar-refractivity contribution in [1.29, 1.82) is 0 Å². The largest absolute Gasteiger partial charge is 0.379 e. The van der Waals surface area contributed by atoms with Crippen molar-refractivity contribution in [2.24, 2.45) is 0 Å². The van der Waals surface area contributed by atoms with Gasteiger partial charge in [-0.05, 0) is 34.9 Å². The molecule has 2 aromatic rings. The van der Waals surface area contributed by atoms with Crippen molar-refractivity contribution in [3.05, 3.63) is 35.5 Å². The molecule has 1 aromatic heterocycles. The zero-order valence-corrected chi connectivity index (χ0v) is 12.2. The number of sulfone groups is 1. The van der Waals surface area contributed by atoms with E-state index in [9.17, 15) is 13.2 Å². The third-order valence-electron chi connectivity index (χ3n) is 2.88. The van der Waals surface area contributed by atoms with Crippen LogP contribution in [-0.2, 0) is 9.84 Å². The van der Waals surface area contributed by atoms with Crippen LogP contribution in [0.4, 0.5) is 5.82 Å². The van der Waals surface area contributed by atoms with Crippen molar-refractivity contribution in [1.82, 2.24) is 15.6 Å². The molecule has 1 heterocycles. The Hall–Kier alpha value is -2.42. The van der Waals surface area contributed by atoms with Crippen molar-refractivity contribution in [3.63, 3.8) is 0 Å². The molecule has 0 radical (unpaired) electrons. The van der Waals surface area contributed by atoms with Crippen LogP contribution in [-0.4, -0.2) is 30.9 Å². The van der Waals surface area contributed by atoms with Gasteiger partial charge in [0.15, 0.2) is 9.84 Å². The number of hydrogen-bond donors (Lipinski definition) is 2. The van der Waals surface area contributed by atoms with Crippen LogP contribution in [0.2, 0.25) is 0 Å². The first kappa shape index (κ1) is 15.0. The smallest absolute Gasteiger partial charge is 0.277 e. The SMILES string of the molecule is CC(NC(=O)c1nonc1N)c1ccc(S(C)(=O)=O)cc1. The highest BCUT2D eigenvalue weighted by Crippen LogP contribution is 2.17. The molecule has 112 valence electrons. The lowest BCUT2D eigenvalue weighted by Crippen LogP contribution is -2.27. The van der Waals surface area contributed by atoms with Gasteiger partial charge in [-0.25, -0.2) is 13.0 Å². The lowest BCUT2D eigenvalue weighted by atomic mass is 10.1. The standard InChI is InChI=1S/C12H14N4O4S/c1-7(14-12(17)10-11(13)16-20-15-10)8-3-5-9(6-4-8)21(2,18)19/h3-7H,1-2H3,(H2,13,16)(H,14,17). The number of anilines is 1. The van der Waals surface area contributed by atoms with Gasteiger partial charge in [0.25, 0.3) is 5.91 Å². The predicted molar refractivity (Wildman–Crippen MR) is 74.1 cm³/mol. The summed E-state index contributed by atoms with van der Waals surface area (Å²) in [4.78, 5) is 12.1. The number of amides is 1. The fourth-order valence-corrected chi connectivity index (χ4v) is 2.34. The van der Waals surface area contributed by atoms with Gasteiger partial charge in [-0.3, -0.25) is 4.79 Å². The average Bonchev–Trinajstić information content (AvgIpc) is 2.84. The number of nitrogens with zero attached hydrogens (tertiary/aromatic N) is 2. The molecule has 0 saturated heterocycles. The van der Waals surface area contributed by atoms with E-state index in [0.717, 1.165) is 11.8 Å². The van der Waals surface area contributed by atoms with E-state index >= 15 is 0 Å². The highest BCUT2D eigenvalue weighted by atomic mass is 32.2. The van der Waals surface area contributed by atoms with E-state index in [0.29, 0.717) is 0 Å². The Morgan fingerprint density at radius 3 is 2.38 bits per heavy atom. The summed E-state index contributed by atoms with van der Waals surface area (Å²) in [5, 5.41) is 9.39. The molecule has 0 saturated carbocycles. The van der Waals surface area contributed by atoms with Gasteiger partial charge >= 0.3 is 0 Å². The summed E-state index contributed by atoms with van der Waals surface area (Å²) in [5.74, 6) is -0.611. The summed E-state index contributed by atoms with van der Waals surface area (Å²) in [5.41, 5.74) is 6.08. The molecule has 0 aliphatic rings. The van der Waals surface area contributed by atoms with Crippen LogP contribution >= 0.6 is 0 Å². The summed E-state index contributed by atoms with van der Waals surface area (Å²) in [6.07, 6.45) is 1.13. The summed E-state index contributed by atoms with van der Waals surface area (Å²) in [6.45, 7) is 1.75. The third kappa shape index (κ3) is 3.37. The lowest BCUT2D eigenvalue weighted by molar-refractivity contribution is 0.0930. The van der Waals surface area contributed by atoms with E-state index in [1.807, 2.05) is 0 Å². The van der Waals surface area contributed by atoms with Crippen molar-refractivity contribution in [2.45, 2.75) is 17.9 Å². The molecule has 1 aromatic carbocycles. The molecule has 1 unspecified atom stereocenters. The van der Waals surface area contributed by atoms with Gasteiger partial charge in [0.05, 0.1) is 10.9 Å². The molecular weight excluding hydrogens is 296 g/mol. The molecule has 21 heavy (non-hydrogen) atoms. The number of carbonyl (C=O) groups is 1. The van der Waals surface area contributed by atoms with Crippen LogP contribution in [0, 0.1) is 0 Å². The molecule has 3 N–H and O–H groups in total. The number of nitrogens with two attached hydrogens (primary N) is 1. The van der Waals surface area contributed by atoms with Gasteiger partial charge < -0.3 is 11.1 Å². The molecule has 0 aliphatic heterocycles. The molecule has 0 fully saturated rings. The first-order valence-corrected chi connectivity index (χ1v) is 7.87. The minimum Gasteiger partial charge on any atom is -0.379 e. The van der Waals surface area contributed by atoms with Crippen molar-refractivity contribution < 1.29 is 17.8 Å². The molecule has 1 atom stereocenters. The monoisotopic (exact) mass is 310 g/mol. The molecular formula is C12H14N4O4S. The van der Waals surface area contributed by atoms with Crippen molar-refractivity contribution in [2.75, 3.05) is 12.0 Å². The highest BCUT2D eigenvalue weighted by molar-refractivity contribution is 7.90. The van der Waals surface area contributed by atoms with Gasteiger partial charge in [0.2, 0.25) is 11.5 Å². The quantitative estimate of drug-likeness (QED) is 0.843.